The summed E-state index contributed by atoms with van der Waals surface area (Å²) in [5.41, 5.74) is 0.0558. The van der Waals surface area contributed by atoms with Gasteiger partial charge in [-0.1, -0.05) is 65.2 Å². The van der Waals surface area contributed by atoms with Crippen molar-refractivity contribution in [3.63, 3.8) is 0 Å². The number of rotatable bonds is 21. The molecule has 40 heavy (non-hydrogen) atoms. The van der Waals surface area contributed by atoms with Gasteiger partial charge in [-0.05, 0) is 18.9 Å². The second-order valence-corrected chi connectivity index (χ2v) is 10.3. The van der Waals surface area contributed by atoms with Crippen LogP contribution in [0.1, 0.15) is 97.1 Å². The maximum absolute atomic E-state index is 12.7. The molecule has 3 heterocycles. The fourth-order valence-electron chi connectivity index (χ4n) is 4.74. The first-order valence-electron chi connectivity index (χ1n) is 15.0. The Morgan fingerprint density at radius 1 is 0.900 bits per heavy atom. The van der Waals surface area contributed by atoms with Crippen molar-refractivity contribution < 1.29 is 38.0 Å². The van der Waals surface area contributed by atoms with E-state index >= 15 is 0 Å². The van der Waals surface area contributed by atoms with Gasteiger partial charge in [0.2, 0.25) is 0 Å². The fraction of sp³-hybridized carbons (Fsp3) is 0.793. The van der Waals surface area contributed by atoms with Crippen molar-refractivity contribution in [2.24, 2.45) is 0 Å². The summed E-state index contributed by atoms with van der Waals surface area (Å²) in [5, 5.41) is 7.75. The summed E-state index contributed by atoms with van der Waals surface area (Å²) < 4.78 is 36.1. The van der Waals surface area contributed by atoms with Crippen LogP contribution < -0.4 is 10.2 Å². The molecule has 0 saturated carbocycles. The average molecular weight is 566 g/mol. The number of hydrogen-bond acceptors (Lipinski definition) is 10. The second kappa shape index (κ2) is 18.0. The third kappa shape index (κ3) is 10.5. The van der Waals surface area contributed by atoms with Gasteiger partial charge in [0, 0.05) is 19.4 Å². The van der Waals surface area contributed by atoms with Crippen LogP contribution in [-0.4, -0.2) is 72.8 Å². The zero-order valence-corrected chi connectivity index (χ0v) is 24.1. The topological polar surface area (TPSA) is 131 Å². The lowest BCUT2D eigenvalue weighted by Crippen LogP contribution is -2.40. The minimum absolute atomic E-state index is 0.0558. The van der Waals surface area contributed by atoms with E-state index < -0.39 is 36.5 Å². The third-order valence-electron chi connectivity index (χ3n) is 6.99. The maximum Gasteiger partial charge on any atom is 0.308 e. The largest absolute Gasteiger partial charge is 0.463 e. The van der Waals surface area contributed by atoms with Crippen molar-refractivity contribution in [2.75, 3.05) is 33.0 Å². The average Bonchev–Trinajstić information content (AvgIpc) is 3.45. The van der Waals surface area contributed by atoms with Gasteiger partial charge in [0.05, 0.1) is 26.1 Å². The van der Waals surface area contributed by atoms with Crippen LogP contribution in [0.4, 0.5) is 0 Å². The summed E-state index contributed by atoms with van der Waals surface area (Å²) in [4.78, 5) is 29.1. The summed E-state index contributed by atoms with van der Waals surface area (Å²) in [6.45, 7) is 6.09. The number of nitrogens with one attached hydrogen (secondary N) is 1. The molecule has 1 aromatic heterocycles. The number of fused-ring (bicyclic) bond motifs is 3. The minimum Gasteiger partial charge on any atom is -0.463 e. The van der Waals surface area contributed by atoms with E-state index in [1.807, 2.05) is 0 Å². The van der Waals surface area contributed by atoms with Gasteiger partial charge in [-0.3, -0.25) is 19.6 Å². The third-order valence-corrected chi connectivity index (χ3v) is 6.99. The lowest BCUT2D eigenvalue weighted by molar-refractivity contribution is -0.161. The Labute approximate surface area is 237 Å². The summed E-state index contributed by atoms with van der Waals surface area (Å²) in [7, 11) is 0. The SMILES string of the molecule is CCCCCCCOCCC(=O)OC[C@H]1O[C@@H]2[C@H](Oc3nc(=N)ccn32)[C@@H]1OC(=O)CCOCCCCCCC. The molecule has 3 rings (SSSR count). The molecule has 1 aromatic rings. The smallest absolute Gasteiger partial charge is 0.308 e. The number of ether oxygens (including phenoxy) is 6. The molecule has 0 aromatic carbocycles. The van der Waals surface area contributed by atoms with Crippen LogP contribution in [0.3, 0.4) is 0 Å². The molecular weight excluding hydrogens is 518 g/mol. The molecule has 0 amide bonds. The quantitative estimate of drug-likeness (QED) is 0.172. The van der Waals surface area contributed by atoms with Gasteiger partial charge in [0.15, 0.2) is 23.9 Å². The van der Waals surface area contributed by atoms with E-state index in [4.69, 9.17) is 33.8 Å². The van der Waals surface area contributed by atoms with Gasteiger partial charge in [0.25, 0.3) is 0 Å². The Morgan fingerprint density at radius 2 is 1.52 bits per heavy atom. The van der Waals surface area contributed by atoms with Crippen molar-refractivity contribution in [3.8, 4) is 6.01 Å². The standard InChI is InChI=1S/C29H47N3O8/c1-3-5-7-9-11-17-35-19-14-24(33)37-21-22-26(39-25(34)15-20-36-18-12-10-8-6-4-2)27-28(38-22)32-16-13-23(30)31-29(32)40-27/h13,16,22,26-28,30H,3-12,14-15,17-21H2,1-2H3/t22-,26-,27-,28-/m1/s1. The predicted molar refractivity (Wildman–Crippen MR) is 146 cm³/mol. The summed E-state index contributed by atoms with van der Waals surface area (Å²) in [6, 6.07) is 1.74. The van der Waals surface area contributed by atoms with Gasteiger partial charge in [0.1, 0.15) is 12.7 Å². The Kier molecular flexibility index (Phi) is 14.4. The number of unbranched alkanes of at least 4 members (excludes halogenated alkanes) is 8. The Balaban J connectivity index is 1.44. The second-order valence-electron chi connectivity index (χ2n) is 10.3. The van der Waals surface area contributed by atoms with Crippen LogP contribution in [0.5, 0.6) is 6.01 Å². The van der Waals surface area contributed by atoms with Gasteiger partial charge < -0.3 is 28.4 Å². The van der Waals surface area contributed by atoms with E-state index in [2.05, 4.69) is 18.8 Å². The molecule has 1 saturated heterocycles. The number of aromatic nitrogens is 2. The van der Waals surface area contributed by atoms with E-state index in [1.54, 1.807) is 10.8 Å². The zero-order valence-electron chi connectivity index (χ0n) is 24.1. The van der Waals surface area contributed by atoms with Gasteiger partial charge in [-0.25, -0.2) is 0 Å². The Hall–Kier alpha value is -2.50. The van der Waals surface area contributed by atoms with Crippen molar-refractivity contribution in [3.05, 3.63) is 17.8 Å². The van der Waals surface area contributed by atoms with Gasteiger partial charge in [-0.2, -0.15) is 4.98 Å². The molecule has 11 nitrogen and oxygen atoms in total. The molecule has 1 fully saturated rings. The number of hydrogen-bond donors (Lipinski definition) is 1. The predicted octanol–water partition coefficient (Wildman–Crippen LogP) is 4.23. The molecule has 0 spiro atoms. The van der Waals surface area contributed by atoms with Gasteiger partial charge in [-0.15, -0.1) is 0 Å². The molecule has 0 radical (unpaired) electrons. The zero-order chi connectivity index (χ0) is 28.6. The monoisotopic (exact) mass is 565 g/mol. The molecule has 0 aliphatic carbocycles. The summed E-state index contributed by atoms with van der Waals surface area (Å²) in [6.07, 6.45) is 10.6. The van der Waals surface area contributed by atoms with Crippen LogP contribution in [0.15, 0.2) is 12.3 Å². The number of nitrogens with zero attached hydrogens (tertiary/aromatic N) is 2. The van der Waals surface area contributed by atoms with E-state index in [1.165, 1.54) is 44.6 Å². The molecule has 11 heteroatoms. The molecule has 2 aliphatic heterocycles. The summed E-state index contributed by atoms with van der Waals surface area (Å²) in [5.74, 6) is -0.846. The van der Waals surface area contributed by atoms with Crippen LogP contribution in [-0.2, 0) is 33.3 Å². The Morgan fingerprint density at radius 3 is 2.17 bits per heavy atom. The minimum atomic E-state index is -0.811. The molecule has 0 bridgehead atoms. The van der Waals surface area contributed by atoms with E-state index in [0.717, 1.165) is 25.7 Å². The first-order valence-corrected chi connectivity index (χ1v) is 15.0. The molecule has 2 aliphatic rings. The highest BCUT2D eigenvalue weighted by Crippen LogP contribution is 2.40. The first-order chi connectivity index (χ1) is 19.5. The normalized spacial score (nSPS) is 21.1. The van der Waals surface area contributed by atoms with E-state index in [9.17, 15) is 9.59 Å². The maximum atomic E-state index is 12.7. The highest BCUT2D eigenvalue weighted by molar-refractivity contribution is 5.70. The molecule has 4 atom stereocenters. The van der Waals surface area contributed by atoms with Crippen molar-refractivity contribution in [1.82, 2.24) is 9.55 Å². The fourth-order valence-corrected chi connectivity index (χ4v) is 4.74. The molecular formula is C29H47N3O8. The summed E-state index contributed by atoms with van der Waals surface area (Å²) >= 11 is 0. The van der Waals surface area contributed by atoms with Crippen molar-refractivity contribution >= 4 is 11.9 Å². The van der Waals surface area contributed by atoms with Gasteiger partial charge >= 0.3 is 17.9 Å². The highest BCUT2D eigenvalue weighted by Gasteiger charge is 2.54. The highest BCUT2D eigenvalue weighted by atomic mass is 16.7. The lowest BCUT2D eigenvalue weighted by Gasteiger charge is -2.22. The van der Waals surface area contributed by atoms with Crippen LogP contribution in [0.25, 0.3) is 0 Å². The number of esters is 2. The first kappa shape index (κ1) is 32.0. The number of carbonyl (C=O) groups excluding carboxylic acids is 2. The van der Waals surface area contributed by atoms with Crippen LogP contribution >= 0.6 is 0 Å². The number of carbonyl (C=O) groups is 2. The van der Waals surface area contributed by atoms with Crippen molar-refractivity contribution in [2.45, 2.75) is 115 Å². The lowest BCUT2D eigenvalue weighted by atomic mass is 10.1. The molecule has 226 valence electrons. The van der Waals surface area contributed by atoms with Crippen molar-refractivity contribution in [1.29, 1.82) is 5.41 Å². The van der Waals surface area contributed by atoms with Crippen LogP contribution in [0, 0.1) is 5.41 Å². The molecule has 0 unspecified atom stereocenters. The Bertz CT molecular complexity index is 955. The van der Waals surface area contributed by atoms with E-state index in [-0.39, 0.29) is 37.6 Å². The molecule has 1 N–H and O–H groups in total. The van der Waals surface area contributed by atoms with E-state index in [0.29, 0.717) is 19.8 Å². The van der Waals surface area contributed by atoms with Crippen LogP contribution in [0.2, 0.25) is 0 Å².